The predicted molar refractivity (Wildman–Crippen MR) is 69.9 cm³/mol. The Morgan fingerprint density at radius 2 is 1.88 bits per heavy atom. The van der Waals surface area contributed by atoms with Gasteiger partial charge in [-0.25, -0.2) is 4.98 Å². The summed E-state index contributed by atoms with van der Waals surface area (Å²) >= 11 is 0. The van der Waals surface area contributed by atoms with Crippen LogP contribution in [-0.4, -0.2) is 14.8 Å². The summed E-state index contributed by atoms with van der Waals surface area (Å²) in [5.74, 6) is 0.802. The van der Waals surface area contributed by atoms with E-state index in [2.05, 4.69) is 56.0 Å². The molecule has 0 N–H and O–H groups in total. The van der Waals surface area contributed by atoms with Gasteiger partial charge in [0, 0.05) is 12.6 Å². The van der Waals surface area contributed by atoms with Gasteiger partial charge in [-0.3, -0.25) is 4.68 Å². The van der Waals surface area contributed by atoms with Crippen LogP contribution in [0.5, 0.6) is 0 Å². The van der Waals surface area contributed by atoms with E-state index in [0.29, 0.717) is 0 Å². The van der Waals surface area contributed by atoms with Gasteiger partial charge in [-0.15, -0.1) is 0 Å². The van der Waals surface area contributed by atoms with Crippen LogP contribution in [-0.2, 0) is 12.5 Å². The second-order valence-electron chi connectivity index (χ2n) is 5.47. The summed E-state index contributed by atoms with van der Waals surface area (Å²) < 4.78 is 1.73. The maximum absolute atomic E-state index is 4.37. The van der Waals surface area contributed by atoms with Gasteiger partial charge in [0.2, 0.25) is 0 Å². The van der Waals surface area contributed by atoms with Crippen molar-refractivity contribution in [3.05, 3.63) is 35.7 Å². The maximum atomic E-state index is 4.37. The zero-order chi connectivity index (χ0) is 12.6. The minimum absolute atomic E-state index is 0.148. The number of hydrogen-bond donors (Lipinski definition) is 0. The Labute approximate surface area is 103 Å². The highest BCUT2D eigenvalue weighted by atomic mass is 15.3. The van der Waals surface area contributed by atoms with E-state index in [-0.39, 0.29) is 5.41 Å². The minimum atomic E-state index is 0.148. The van der Waals surface area contributed by atoms with Crippen LogP contribution in [0, 0.1) is 6.92 Å². The number of nitrogens with zero attached hydrogens (tertiary/aromatic N) is 3. The molecule has 3 heteroatoms. The van der Waals surface area contributed by atoms with Crippen molar-refractivity contribution in [1.82, 2.24) is 14.8 Å². The minimum Gasteiger partial charge on any atom is -0.255 e. The Morgan fingerprint density at radius 1 is 1.18 bits per heavy atom. The van der Waals surface area contributed by atoms with Gasteiger partial charge in [0.05, 0.1) is 0 Å². The molecule has 0 spiro atoms. The zero-order valence-electron chi connectivity index (χ0n) is 11.2. The molecule has 17 heavy (non-hydrogen) atoms. The summed E-state index contributed by atoms with van der Waals surface area (Å²) in [4.78, 5) is 4.32. The lowest BCUT2D eigenvalue weighted by atomic mass is 9.82. The molecule has 1 heterocycles. The Bertz CT molecular complexity index is 533. The monoisotopic (exact) mass is 229 g/mol. The number of aryl methyl sites for hydroxylation is 1. The van der Waals surface area contributed by atoms with Crippen LogP contribution in [0.15, 0.2) is 24.5 Å². The van der Waals surface area contributed by atoms with Gasteiger partial charge >= 0.3 is 0 Å². The third kappa shape index (κ3) is 2.23. The highest BCUT2D eigenvalue weighted by Crippen LogP contribution is 2.30. The fourth-order valence-electron chi connectivity index (χ4n) is 2.15. The second kappa shape index (κ2) is 3.99. The van der Waals surface area contributed by atoms with Crippen molar-refractivity contribution in [2.75, 3.05) is 0 Å². The second-order valence-corrected chi connectivity index (χ2v) is 5.47. The van der Waals surface area contributed by atoms with E-state index in [9.17, 15) is 0 Å². The molecule has 1 aromatic carbocycles. The number of benzene rings is 1. The summed E-state index contributed by atoms with van der Waals surface area (Å²) in [5.41, 5.74) is 3.89. The van der Waals surface area contributed by atoms with Crippen LogP contribution in [0.3, 0.4) is 0 Å². The molecule has 0 aliphatic carbocycles. The van der Waals surface area contributed by atoms with E-state index in [1.54, 1.807) is 11.0 Å². The molecule has 90 valence electrons. The Morgan fingerprint density at radius 3 is 2.41 bits per heavy atom. The third-order valence-electron chi connectivity index (χ3n) is 2.98. The first-order valence-electron chi connectivity index (χ1n) is 5.85. The van der Waals surface area contributed by atoms with E-state index in [0.717, 1.165) is 11.4 Å². The van der Waals surface area contributed by atoms with Crippen molar-refractivity contribution in [2.24, 2.45) is 7.05 Å². The van der Waals surface area contributed by atoms with Gasteiger partial charge in [-0.1, -0.05) is 39.0 Å². The average molecular weight is 229 g/mol. The van der Waals surface area contributed by atoms with Crippen molar-refractivity contribution in [3.8, 4) is 11.4 Å². The Hall–Kier alpha value is -1.64. The number of rotatable bonds is 1. The summed E-state index contributed by atoms with van der Waals surface area (Å²) in [6.45, 7) is 8.83. The van der Waals surface area contributed by atoms with Crippen LogP contribution in [0.2, 0.25) is 0 Å². The topological polar surface area (TPSA) is 30.7 Å². The van der Waals surface area contributed by atoms with Crippen LogP contribution >= 0.6 is 0 Å². The van der Waals surface area contributed by atoms with E-state index in [1.807, 2.05) is 7.05 Å². The van der Waals surface area contributed by atoms with Gasteiger partial charge < -0.3 is 0 Å². The van der Waals surface area contributed by atoms with Crippen molar-refractivity contribution >= 4 is 0 Å². The smallest absolute Gasteiger partial charge is 0.181 e. The van der Waals surface area contributed by atoms with Crippen LogP contribution in [0.1, 0.15) is 31.9 Å². The van der Waals surface area contributed by atoms with E-state index >= 15 is 0 Å². The molecule has 0 atom stereocenters. The normalized spacial score (nSPS) is 11.8. The lowest BCUT2D eigenvalue weighted by Gasteiger charge is -2.22. The molecule has 2 aromatic rings. The first-order valence-corrected chi connectivity index (χ1v) is 5.85. The van der Waals surface area contributed by atoms with Gasteiger partial charge in [-0.2, -0.15) is 5.10 Å². The first-order chi connectivity index (χ1) is 7.89. The standard InChI is InChI=1S/C14H19N3/c1-10-11(13-15-9-17(5)16-13)7-6-8-12(10)14(2,3)4/h6-9H,1-5H3. The van der Waals surface area contributed by atoms with Crippen LogP contribution < -0.4 is 0 Å². The van der Waals surface area contributed by atoms with Crippen molar-refractivity contribution in [2.45, 2.75) is 33.1 Å². The highest BCUT2D eigenvalue weighted by molar-refractivity contribution is 5.62. The van der Waals surface area contributed by atoms with Crippen molar-refractivity contribution < 1.29 is 0 Å². The number of hydrogen-bond acceptors (Lipinski definition) is 2. The molecule has 3 nitrogen and oxygen atoms in total. The predicted octanol–water partition coefficient (Wildman–Crippen LogP) is 3.09. The molecule has 0 aliphatic heterocycles. The van der Waals surface area contributed by atoms with E-state index in [4.69, 9.17) is 0 Å². The molecule has 1 aromatic heterocycles. The third-order valence-corrected chi connectivity index (χ3v) is 2.98. The molecule has 0 saturated carbocycles. The molecule has 0 fully saturated rings. The van der Waals surface area contributed by atoms with Gasteiger partial charge in [0.25, 0.3) is 0 Å². The van der Waals surface area contributed by atoms with Crippen LogP contribution in [0.4, 0.5) is 0 Å². The van der Waals surface area contributed by atoms with Gasteiger partial charge in [-0.05, 0) is 23.5 Å². The summed E-state index contributed by atoms with van der Waals surface area (Å²) in [6.07, 6.45) is 1.73. The van der Waals surface area contributed by atoms with Gasteiger partial charge in [0.1, 0.15) is 6.33 Å². The molecule has 0 bridgehead atoms. The lowest BCUT2D eigenvalue weighted by molar-refractivity contribution is 0.586. The summed E-state index contributed by atoms with van der Waals surface area (Å²) in [7, 11) is 1.89. The fourth-order valence-corrected chi connectivity index (χ4v) is 2.15. The maximum Gasteiger partial charge on any atom is 0.181 e. The summed E-state index contributed by atoms with van der Waals surface area (Å²) in [5, 5.41) is 4.37. The zero-order valence-corrected chi connectivity index (χ0v) is 11.2. The average Bonchev–Trinajstić information content (AvgIpc) is 2.63. The molecule has 0 amide bonds. The molecular formula is C14H19N3. The molecule has 0 aliphatic rings. The fraction of sp³-hybridized carbons (Fsp3) is 0.429. The Balaban J connectivity index is 2.57. The highest BCUT2D eigenvalue weighted by Gasteiger charge is 2.19. The van der Waals surface area contributed by atoms with Crippen molar-refractivity contribution in [1.29, 1.82) is 0 Å². The van der Waals surface area contributed by atoms with E-state index in [1.165, 1.54) is 11.1 Å². The lowest BCUT2D eigenvalue weighted by Crippen LogP contribution is -2.13. The SMILES string of the molecule is Cc1c(-c2ncn(C)n2)cccc1C(C)(C)C. The molecule has 2 rings (SSSR count). The molecular weight excluding hydrogens is 210 g/mol. The summed E-state index contributed by atoms with van der Waals surface area (Å²) in [6, 6.07) is 6.35. The van der Waals surface area contributed by atoms with Crippen LogP contribution in [0.25, 0.3) is 11.4 Å². The molecule has 0 radical (unpaired) electrons. The largest absolute Gasteiger partial charge is 0.255 e. The molecule has 0 unspecified atom stereocenters. The van der Waals surface area contributed by atoms with Crippen molar-refractivity contribution in [3.63, 3.8) is 0 Å². The molecule has 0 saturated heterocycles. The first kappa shape index (κ1) is 11.8. The van der Waals surface area contributed by atoms with E-state index < -0.39 is 0 Å². The number of aromatic nitrogens is 3. The quantitative estimate of drug-likeness (QED) is 0.752. The van der Waals surface area contributed by atoms with Gasteiger partial charge in [0.15, 0.2) is 5.82 Å². The Kier molecular flexibility index (Phi) is 2.77.